The van der Waals surface area contributed by atoms with Crippen LogP contribution in [0.5, 0.6) is 11.5 Å². The Hall–Kier alpha value is -2.94. The largest absolute Gasteiger partial charge is 0.454 e. The van der Waals surface area contributed by atoms with E-state index in [-0.39, 0.29) is 12.6 Å². The number of halogens is 1. The molecule has 1 aliphatic rings. The highest BCUT2D eigenvalue weighted by Crippen LogP contribution is 2.34. The van der Waals surface area contributed by atoms with Gasteiger partial charge in [-0.2, -0.15) is 0 Å². The van der Waals surface area contributed by atoms with E-state index < -0.39 is 5.91 Å². The summed E-state index contributed by atoms with van der Waals surface area (Å²) in [5.74, 6) is 0.736. The molecule has 120 valence electrons. The van der Waals surface area contributed by atoms with Crippen LogP contribution in [0.4, 0.5) is 5.69 Å². The van der Waals surface area contributed by atoms with Crippen LogP contribution in [0, 0.1) is 0 Å². The molecule has 1 N–H and O–H groups in total. The maximum absolute atomic E-state index is 12.2. The second-order valence-electron chi connectivity index (χ2n) is 4.90. The van der Waals surface area contributed by atoms with Gasteiger partial charge in [-0.25, -0.2) is 0 Å². The van der Waals surface area contributed by atoms with Crippen LogP contribution in [0.25, 0.3) is 5.69 Å². The third-order valence-corrected chi connectivity index (χ3v) is 3.83. The maximum Gasteiger partial charge on any atom is 0.297 e. The summed E-state index contributed by atoms with van der Waals surface area (Å²) in [6.45, 7) is 0.176. The SMILES string of the molecule is O=C(Nc1ccc2c(c1)OCO2)c1nnn(-c2ccc(Br)cc2)n1. The summed E-state index contributed by atoms with van der Waals surface area (Å²) in [7, 11) is 0. The van der Waals surface area contributed by atoms with Gasteiger partial charge in [0.2, 0.25) is 6.79 Å². The Bertz CT molecular complexity index is 910. The predicted molar refractivity (Wildman–Crippen MR) is 87.4 cm³/mol. The average molecular weight is 388 g/mol. The molecule has 1 aliphatic heterocycles. The van der Waals surface area contributed by atoms with Gasteiger partial charge < -0.3 is 14.8 Å². The molecule has 1 amide bonds. The van der Waals surface area contributed by atoms with Gasteiger partial charge in [0.05, 0.1) is 5.69 Å². The number of hydrogen-bond donors (Lipinski definition) is 1. The Morgan fingerprint density at radius 1 is 1.12 bits per heavy atom. The Morgan fingerprint density at radius 2 is 1.92 bits per heavy atom. The highest BCUT2D eigenvalue weighted by molar-refractivity contribution is 9.10. The van der Waals surface area contributed by atoms with E-state index in [0.29, 0.717) is 22.9 Å². The van der Waals surface area contributed by atoms with E-state index in [1.807, 2.05) is 24.3 Å². The highest BCUT2D eigenvalue weighted by atomic mass is 79.9. The minimum atomic E-state index is -0.461. The van der Waals surface area contributed by atoms with Crippen LogP contribution in [0.1, 0.15) is 10.6 Å². The maximum atomic E-state index is 12.2. The van der Waals surface area contributed by atoms with Gasteiger partial charge in [-0.05, 0) is 41.6 Å². The van der Waals surface area contributed by atoms with Crippen molar-refractivity contribution >= 4 is 27.5 Å². The van der Waals surface area contributed by atoms with Crippen molar-refractivity contribution in [2.45, 2.75) is 0 Å². The summed E-state index contributed by atoms with van der Waals surface area (Å²) in [5, 5.41) is 14.5. The number of hydrogen-bond acceptors (Lipinski definition) is 6. The fourth-order valence-electron chi connectivity index (χ4n) is 2.15. The zero-order valence-corrected chi connectivity index (χ0v) is 13.7. The van der Waals surface area contributed by atoms with Crippen LogP contribution in [-0.4, -0.2) is 32.9 Å². The van der Waals surface area contributed by atoms with Crippen LogP contribution < -0.4 is 14.8 Å². The van der Waals surface area contributed by atoms with Crippen molar-refractivity contribution in [3.63, 3.8) is 0 Å². The third kappa shape index (κ3) is 2.81. The molecule has 2 aromatic carbocycles. The number of tetrazole rings is 1. The molecule has 0 bridgehead atoms. The quantitative estimate of drug-likeness (QED) is 0.741. The minimum absolute atomic E-state index is 0.0319. The van der Waals surface area contributed by atoms with E-state index in [1.165, 1.54) is 4.80 Å². The first-order valence-corrected chi connectivity index (χ1v) is 7.75. The second kappa shape index (κ2) is 5.93. The monoisotopic (exact) mass is 387 g/mol. The smallest absolute Gasteiger partial charge is 0.297 e. The third-order valence-electron chi connectivity index (χ3n) is 3.30. The number of nitrogens with one attached hydrogen (secondary N) is 1. The Kier molecular flexibility index (Phi) is 3.62. The molecule has 2 heterocycles. The summed E-state index contributed by atoms with van der Waals surface area (Å²) in [6, 6.07) is 12.4. The van der Waals surface area contributed by atoms with E-state index >= 15 is 0 Å². The van der Waals surface area contributed by atoms with Crippen molar-refractivity contribution in [3.05, 3.63) is 52.8 Å². The summed E-state index contributed by atoms with van der Waals surface area (Å²) in [5.41, 5.74) is 1.26. The van der Waals surface area contributed by atoms with E-state index in [0.717, 1.165) is 4.47 Å². The lowest BCUT2D eigenvalue weighted by Gasteiger charge is -2.03. The number of amides is 1. The molecule has 3 aromatic rings. The molecule has 9 heteroatoms. The fraction of sp³-hybridized carbons (Fsp3) is 0.0667. The van der Waals surface area contributed by atoms with Gasteiger partial charge in [0.15, 0.2) is 11.5 Å². The number of fused-ring (bicyclic) bond motifs is 1. The summed E-state index contributed by atoms with van der Waals surface area (Å²) < 4.78 is 11.4. The topological polar surface area (TPSA) is 91.2 Å². The number of aromatic nitrogens is 4. The molecule has 0 saturated carbocycles. The van der Waals surface area contributed by atoms with Gasteiger partial charge in [-0.3, -0.25) is 4.79 Å². The lowest BCUT2D eigenvalue weighted by atomic mass is 10.3. The van der Waals surface area contributed by atoms with Gasteiger partial charge in [-0.15, -0.1) is 15.0 Å². The van der Waals surface area contributed by atoms with Crippen LogP contribution in [0.2, 0.25) is 0 Å². The van der Waals surface area contributed by atoms with Crippen molar-refractivity contribution in [2.75, 3.05) is 12.1 Å². The molecule has 0 fully saturated rings. The molecule has 0 radical (unpaired) electrons. The van der Waals surface area contributed by atoms with Crippen molar-refractivity contribution < 1.29 is 14.3 Å². The van der Waals surface area contributed by atoms with Crippen molar-refractivity contribution in [1.82, 2.24) is 20.2 Å². The fourth-order valence-corrected chi connectivity index (χ4v) is 2.41. The molecule has 8 nitrogen and oxygen atoms in total. The van der Waals surface area contributed by atoms with Crippen LogP contribution in [-0.2, 0) is 0 Å². The van der Waals surface area contributed by atoms with Gasteiger partial charge >= 0.3 is 0 Å². The first-order valence-electron chi connectivity index (χ1n) is 6.96. The summed E-state index contributed by atoms with van der Waals surface area (Å²) in [6.07, 6.45) is 0. The molecule has 0 saturated heterocycles. The summed E-state index contributed by atoms with van der Waals surface area (Å²) in [4.78, 5) is 13.5. The van der Waals surface area contributed by atoms with E-state index in [4.69, 9.17) is 9.47 Å². The Morgan fingerprint density at radius 3 is 2.75 bits per heavy atom. The number of ether oxygens (including phenoxy) is 2. The van der Waals surface area contributed by atoms with Crippen molar-refractivity contribution in [2.24, 2.45) is 0 Å². The minimum Gasteiger partial charge on any atom is -0.454 e. The number of carbonyl (C=O) groups excluding carboxylic acids is 1. The zero-order chi connectivity index (χ0) is 16.5. The molecular weight excluding hydrogens is 378 g/mol. The number of nitrogens with zero attached hydrogens (tertiary/aromatic N) is 4. The van der Waals surface area contributed by atoms with Crippen molar-refractivity contribution in [1.29, 1.82) is 0 Å². The Balaban J connectivity index is 1.52. The first-order chi connectivity index (χ1) is 11.7. The molecule has 1 aromatic heterocycles. The van der Waals surface area contributed by atoms with Gasteiger partial charge in [0, 0.05) is 16.2 Å². The van der Waals surface area contributed by atoms with Gasteiger partial charge in [0.25, 0.3) is 11.7 Å². The number of benzene rings is 2. The van der Waals surface area contributed by atoms with Gasteiger partial charge in [-0.1, -0.05) is 15.9 Å². The molecule has 0 atom stereocenters. The Labute approximate surface area is 144 Å². The number of rotatable bonds is 3. The highest BCUT2D eigenvalue weighted by Gasteiger charge is 2.17. The lowest BCUT2D eigenvalue weighted by Crippen LogP contribution is -2.14. The standard InChI is InChI=1S/C15H10BrN5O3/c16-9-1-4-11(5-2-9)21-19-14(18-20-21)15(22)17-10-3-6-12-13(7-10)24-8-23-12/h1-7H,8H2,(H,17,22). The molecule has 24 heavy (non-hydrogen) atoms. The molecule has 0 unspecified atom stereocenters. The van der Waals surface area contributed by atoms with E-state index in [2.05, 4.69) is 36.7 Å². The zero-order valence-electron chi connectivity index (χ0n) is 12.1. The summed E-state index contributed by atoms with van der Waals surface area (Å²) >= 11 is 3.36. The van der Waals surface area contributed by atoms with Crippen LogP contribution in [0.15, 0.2) is 46.9 Å². The van der Waals surface area contributed by atoms with Crippen LogP contribution >= 0.6 is 15.9 Å². The molecule has 0 aliphatic carbocycles. The number of anilines is 1. The van der Waals surface area contributed by atoms with Gasteiger partial charge in [0.1, 0.15) is 0 Å². The molecule has 0 spiro atoms. The molecular formula is C15H10BrN5O3. The second-order valence-corrected chi connectivity index (χ2v) is 5.82. The van der Waals surface area contributed by atoms with Crippen LogP contribution in [0.3, 0.4) is 0 Å². The first kappa shape index (κ1) is 14.6. The predicted octanol–water partition coefficient (Wildman–Crippen LogP) is 2.41. The average Bonchev–Trinajstić information content (AvgIpc) is 3.24. The van der Waals surface area contributed by atoms with E-state index in [1.54, 1.807) is 18.2 Å². The molecule has 4 rings (SSSR count). The number of carbonyl (C=O) groups is 1. The van der Waals surface area contributed by atoms with E-state index in [9.17, 15) is 4.79 Å². The normalized spacial score (nSPS) is 12.2. The lowest BCUT2D eigenvalue weighted by molar-refractivity contribution is 0.101. The van der Waals surface area contributed by atoms with Crippen molar-refractivity contribution in [3.8, 4) is 17.2 Å².